The fourth-order valence-corrected chi connectivity index (χ4v) is 4.79. The predicted octanol–water partition coefficient (Wildman–Crippen LogP) is 5.25. The van der Waals surface area contributed by atoms with Gasteiger partial charge in [-0.2, -0.15) is 5.10 Å². The van der Waals surface area contributed by atoms with Gasteiger partial charge >= 0.3 is 6.09 Å². The summed E-state index contributed by atoms with van der Waals surface area (Å²) in [5.74, 6) is 0. The van der Waals surface area contributed by atoms with Crippen molar-refractivity contribution in [1.29, 1.82) is 0 Å². The average Bonchev–Trinajstić information content (AvgIpc) is 3.10. The first kappa shape index (κ1) is 24.0. The van der Waals surface area contributed by atoms with Crippen LogP contribution in [0, 0.1) is 10.5 Å². The molecule has 1 aromatic carbocycles. The summed E-state index contributed by atoms with van der Waals surface area (Å²) in [6.45, 7) is 10.4. The number of halogens is 1. The van der Waals surface area contributed by atoms with E-state index in [1.807, 2.05) is 57.5 Å². The highest BCUT2D eigenvalue weighted by molar-refractivity contribution is 14.1. The van der Waals surface area contributed by atoms with Gasteiger partial charge in [0.1, 0.15) is 17.3 Å². The Hall–Kier alpha value is -2.14. The van der Waals surface area contributed by atoms with Crippen molar-refractivity contribution in [2.24, 2.45) is 0 Å². The summed E-state index contributed by atoms with van der Waals surface area (Å²) < 4.78 is 16.0. The fraction of sp³-hybridized carbons (Fsp3) is 0.542. The van der Waals surface area contributed by atoms with Gasteiger partial charge in [0.05, 0.1) is 16.6 Å². The molecule has 0 radical (unpaired) electrons. The molecule has 0 spiro atoms. The number of pyridine rings is 1. The van der Waals surface area contributed by atoms with Gasteiger partial charge in [-0.25, -0.2) is 19.2 Å². The lowest BCUT2D eigenvalue weighted by Crippen LogP contribution is -2.49. The molecule has 0 bridgehead atoms. The maximum atomic E-state index is 13.9. The van der Waals surface area contributed by atoms with E-state index in [0.29, 0.717) is 36.0 Å². The van der Waals surface area contributed by atoms with E-state index in [9.17, 15) is 9.59 Å². The number of fused-ring (bicyclic) bond motifs is 3. The first-order valence-corrected chi connectivity index (χ1v) is 12.6. The number of hydrogen-bond donors (Lipinski definition) is 0. The summed E-state index contributed by atoms with van der Waals surface area (Å²) >= 11 is 2.25. The minimum atomic E-state index is -0.679. The van der Waals surface area contributed by atoms with Gasteiger partial charge in [0.25, 0.3) is 5.56 Å². The zero-order valence-electron chi connectivity index (χ0n) is 19.9. The average molecular weight is 566 g/mol. The van der Waals surface area contributed by atoms with Crippen LogP contribution in [0.1, 0.15) is 65.3 Å². The minimum absolute atomic E-state index is 0.186. The van der Waals surface area contributed by atoms with Crippen LogP contribution in [0.5, 0.6) is 0 Å². The lowest BCUT2D eigenvalue weighted by molar-refractivity contribution is -0.0402. The molecule has 3 aromatic rings. The van der Waals surface area contributed by atoms with Crippen LogP contribution in [0.4, 0.5) is 4.79 Å². The molecule has 1 unspecified atom stereocenters. The van der Waals surface area contributed by atoms with E-state index in [0.717, 1.165) is 33.9 Å². The topological polar surface area (TPSA) is 78.6 Å². The second-order valence-corrected chi connectivity index (χ2v) is 10.7. The SMILES string of the molecule is CCCN(C(=O)OC(C)(C)C)n1c(=O)c2c(C)n(C3CCCCO3)nc2c2cc(I)ccc21. The van der Waals surface area contributed by atoms with E-state index in [1.165, 1.54) is 9.69 Å². The molecule has 1 saturated heterocycles. The third kappa shape index (κ3) is 4.62. The third-order valence-corrected chi connectivity index (χ3v) is 6.38. The standard InChI is InChI=1S/C24H31IN4O4/c1-6-12-27(23(31)33-24(3,4)5)29-18-11-10-16(25)14-17(18)21-20(22(29)30)15(2)28(26-21)19-9-7-8-13-32-19/h10-11,14,19H,6-9,12-13H2,1-5H3. The number of carbonyl (C=O) groups excluding carboxylic acids is 1. The van der Waals surface area contributed by atoms with E-state index in [1.54, 1.807) is 0 Å². The fourth-order valence-electron chi connectivity index (χ4n) is 4.30. The van der Waals surface area contributed by atoms with Crippen molar-refractivity contribution in [1.82, 2.24) is 14.5 Å². The van der Waals surface area contributed by atoms with E-state index < -0.39 is 11.7 Å². The Bertz CT molecular complexity index is 1250. The molecule has 0 aliphatic carbocycles. The van der Waals surface area contributed by atoms with Crippen LogP contribution in [0.15, 0.2) is 23.0 Å². The molecule has 1 aliphatic heterocycles. The van der Waals surface area contributed by atoms with Crippen molar-refractivity contribution in [2.75, 3.05) is 18.2 Å². The molecule has 0 N–H and O–H groups in total. The number of ether oxygens (including phenoxy) is 2. The number of amides is 1. The van der Waals surface area contributed by atoms with E-state index in [4.69, 9.17) is 14.6 Å². The largest absolute Gasteiger partial charge is 0.442 e. The Balaban J connectivity index is 2.01. The Labute approximate surface area is 206 Å². The lowest BCUT2D eigenvalue weighted by atomic mass is 10.1. The zero-order chi connectivity index (χ0) is 23.9. The molecule has 9 heteroatoms. The van der Waals surface area contributed by atoms with Gasteiger partial charge in [0, 0.05) is 22.1 Å². The van der Waals surface area contributed by atoms with Crippen LogP contribution in [-0.2, 0) is 9.47 Å². The van der Waals surface area contributed by atoms with E-state index >= 15 is 0 Å². The highest BCUT2D eigenvalue weighted by Gasteiger charge is 2.29. The van der Waals surface area contributed by atoms with Crippen LogP contribution >= 0.6 is 22.6 Å². The minimum Gasteiger partial charge on any atom is -0.442 e. The van der Waals surface area contributed by atoms with Gasteiger partial charge in [-0.15, -0.1) is 0 Å². The van der Waals surface area contributed by atoms with Crippen LogP contribution in [0.25, 0.3) is 21.8 Å². The quantitative estimate of drug-likeness (QED) is 0.404. The molecule has 1 fully saturated rings. The highest BCUT2D eigenvalue weighted by atomic mass is 127. The summed E-state index contributed by atoms with van der Waals surface area (Å²) in [6.07, 6.45) is 2.89. The van der Waals surface area contributed by atoms with Crippen molar-refractivity contribution in [3.8, 4) is 0 Å². The van der Waals surface area contributed by atoms with E-state index in [-0.39, 0.29) is 11.8 Å². The molecule has 0 saturated carbocycles. The number of aryl methyl sites for hydroxylation is 1. The van der Waals surface area contributed by atoms with Crippen molar-refractivity contribution < 1.29 is 14.3 Å². The summed E-state index contributed by atoms with van der Waals surface area (Å²) in [4.78, 5) is 27.1. The second kappa shape index (κ2) is 9.25. The van der Waals surface area contributed by atoms with Gasteiger partial charge in [-0.05, 0) is 94.2 Å². The van der Waals surface area contributed by atoms with Crippen molar-refractivity contribution in [2.45, 2.75) is 72.1 Å². The second-order valence-electron chi connectivity index (χ2n) is 9.46. The molecule has 1 atom stereocenters. The van der Waals surface area contributed by atoms with Gasteiger partial charge < -0.3 is 9.47 Å². The van der Waals surface area contributed by atoms with Crippen LogP contribution in [-0.4, -0.2) is 39.3 Å². The molecule has 3 heterocycles. The number of nitrogens with zero attached hydrogens (tertiary/aromatic N) is 4. The van der Waals surface area contributed by atoms with Crippen LogP contribution < -0.4 is 10.6 Å². The third-order valence-electron chi connectivity index (χ3n) is 5.71. The van der Waals surface area contributed by atoms with E-state index in [2.05, 4.69) is 22.6 Å². The smallest absolute Gasteiger partial charge is 0.429 e. The normalized spacial score (nSPS) is 17.0. The molecule has 178 valence electrons. The van der Waals surface area contributed by atoms with Crippen molar-refractivity contribution in [3.05, 3.63) is 37.8 Å². The van der Waals surface area contributed by atoms with Gasteiger partial charge in [-0.3, -0.25) is 4.79 Å². The predicted molar refractivity (Wildman–Crippen MR) is 137 cm³/mol. The van der Waals surface area contributed by atoms with Crippen molar-refractivity contribution >= 4 is 50.5 Å². The zero-order valence-corrected chi connectivity index (χ0v) is 22.0. The van der Waals surface area contributed by atoms with Gasteiger partial charge in [0.15, 0.2) is 0 Å². The van der Waals surface area contributed by atoms with Gasteiger partial charge in [-0.1, -0.05) is 6.92 Å². The Morgan fingerprint density at radius 1 is 1.33 bits per heavy atom. The summed E-state index contributed by atoms with van der Waals surface area (Å²) in [5, 5.41) is 7.59. The van der Waals surface area contributed by atoms with Crippen LogP contribution in [0.2, 0.25) is 0 Å². The van der Waals surface area contributed by atoms with Gasteiger partial charge in [0.2, 0.25) is 0 Å². The molecule has 2 aromatic heterocycles. The maximum Gasteiger partial charge on any atom is 0.429 e. The monoisotopic (exact) mass is 566 g/mol. The first-order valence-electron chi connectivity index (χ1n) is 11.5. The maximum absolute atomic E-state index is 13.9. The Morgan fingerprint density at radius 2 is 2.09 bits per heavy atom. The number of benzene rings is 1. The Kier molecular flexibility index (Phi) is 6.73. The molecule has 4 rings (SSSR count). The molecule has 1 amide bonds. The summed E-state index contributed by atoms with van der Waals surface area (Å²) in [7, 11) is 0. The summed E-state index contributed by atoms with van der Waals surface area (Å²) in [6, 6.07) is 5.81. The highest BCUT2D eigenvalue weighted by Crippen LogP contribution is 2.30. The number of carbonyl (C=O) groups is 1. The molecular formula is C24H31IN4O4. The number of hydrogen-bond acceptors (Lipinski definition) is 5. The molecule has 1 aliphatic rings. The van der Waals surface area contributed by atoms with Crippen molar-refractivity contribution in [3.63, 3.8) is 0 Å². The number of aromatic nitrogens is 3. The molecular weight excluding hydrogens is 535 g/mol. The molecule has 8 nitrogen and oxygen atoms in total. The number of rotatable bonds is 4. The summed E-state index contributed by atoms with van der Waals surface area (Å²) in [5.41, 5.74) is 1.05. The molecule has 33 heavy (non-hydrogen) atoms. The Morgan fingerprint density at radius 3 is 2.73 bits per heavy atom. The lowest BCUT2D eigenvalue weighted by Gasteiger charge is -2.29. The van der Waals surface area contributed by atoms with Crippen LogP contribution in [0.3, 0.4) is 0 Å². The first-order chi connectivity index (χ1) is 15.6.